The van der Waals surface area contributed by atoms with E-state index in [0.717, 1.165) is 31.6 Å². The van der Waals surface area contributed by atoms with Crippen LogP contribution in [0.15, 0.2) is 18.2 Å². The van der Waals surface area contributed by atoms with Crippen molar-refractivity contribution in [1.29, 1.82) is 0 Å². The molecule has 1 N–H and O–H groups in total. The average molecular weight is 294 g/mol. The number of piperidine rings is 1. The fourth-order valence-corrected chi connectivity index (χ4v) is 2.43. The number of ether oxygens (including phenoxy) is 1. The van der Waals surface area contributed by atoms with Gasteiger partial charge in [0.25, 0.3) is 0 Å². The lowest BCUT2D eigenvalue weighted by Gasteiger charge is -2.30. The molecule has 4 nitrogen and oxygen atoms in total. The van der Waals surface area contributed by atoms with E-state index in [1.54, 1.807) is 26.8 Å². The first-order chi connectivity index (χ1) is 9.85. The molecule has 0 radical (unpaired) electrons. The fourth-order valence-electron chi connectivity index (χ4n) is 2.43. The molecule has 0 bridgehead atoms. The molecule has 1 heterocycles. The van der Waals surface area contributed by atoms with Crippen molar-refractivity contribution in [2.45, 2.75) is 45.6 Å². The molecule has 1 aromatic carbocycles. The molecule has 0 spiro atoms. The van der Waals surface area contributed by atoms with E-state index in [9.17, 15) is 9.18 Å². The second-order valence-electron chi connectivity index (χ2n) is 6.34. The first kappa shape index (κ1) is 15.6. The van der Waals surface area contributed by atoms with Gasteiger partial charge >= 0.3 is 6.09 Å². The maximum Gasteiger partial charge on any atom is 0.412 e. The standard InChI is InChI=1S/C16H23FN2O2/c1-16(2,3)21-15(20)18-13-11-12(17)7-8-14(13)19-9-5-4-6-10-19/h7-8,11H,4-6,9-10H2,1-3H3,(H,18,20). The zero-order valence-electron chi connectivity index (χ0n) is 12.9. The van der Waals surface area contributed by atoms with Crippen molar-refractivity contribution in [2.24, 2.45) is 0 Å². The van der Waals surface area contributed by atoms with Gasteiger partial charge in [0.15, 0.2) is 0 Å². The normalized spacial score (nSPS) is 15.7. The van der Waals surface area contributed by atoms with Crippen molar-refractivity contribution < 1.29 is 13.9 Å². The molecule has 0 aromatic heterocycles. The van der Waals surface area contributed by atoms with Crippen LogP contribution in [0.5, 0.6) is 0 Å². The monoisotopic (exact) mass is 294 g/mol. The second kappa shape index (κ2) is 6.33. The Labute approximate surface area is 125 Å². The van der Waals surface area contributed by atoms with E-state index in [0.29, 0.717) is 5.69 Å². The van der Waals surface area contributed by atoms with E-state index in [2.05, 4.69) is 10.2 Å². The summed E-state index contributed by atoms with van der Waals surface area (Å²) < 4.78 is 18.7. The van der Waals surface area contributed by atoms with Crippen molar-refractivity contribution in [1.82, 2.24) is 0 Å². The number of hydrogen-bond donors (Lipinski definition) is 1. The lowest BCUT2D eigenvalue weighted by molar-refractivity contribution is 0.0636. The van der Waals surface area contributed by atoms with Gasteiger partial charge in [-0.1, -0.05) is 0 Å². The molecule has 1 aliphatic heterocycles. The van der Waals surface area contributed by atoms with Crippen molar-refractivity contribution in [3.63, 3.8) is 0 Å². The molecule has 1 aromatic rings. The summed E-state index contributed by atoms with van der Waals surface area (Å²) in [5.74, 6) is -0.373. The third-order valence-electron chi connectivity index (χ3n) is 3.29. The van der Waals surface area contributed by atoms with Crippen LogP contribution in [0.3, 0.4) is 0 Å². The Morgan fingerprint density at radius 1 is 1.24 bits per heavy atom. The van der Waals surface area contributed by atoms with Crippen molar-refractivity contribution in [2.75, 3.05) is 23.3 Å². The van der Waals surface area contributed by atoms with Gasteiger partial charge in [0.2, 0.25) is 0 Å². The summed E-state index contributed by atoms with van der Waals surface area (Å²) in [6.45, 7) is 7.24. The summed E-state index contributed by atoms with van der Waals surface area (Å²) in [5.41, 5.74) is 0.732. The first-order valence-electron chi connectivity index (χ1n) is 7.40. The van der Waals surface area contributed by atoms with Crippen LogP contribution >= 0.6 is 0 Å². The van der Waals surface area contributed by atoms with Crippen molar-refractivity contribution >= 4 is 17.5 Å². The Balaban J connectivity index is 2.17. The number of nitrogens with zero attached hydrogens (tertiary/aromatic N) is 1. The molecule has 1 fully saturated rings. The van der Waals surface area contributed by atoms with E-state index in [4.69, 9.17) is 4.74 Å². The van der Waals surface area contributed by atoms with Crippen LogP contribution in [-0.4, -0.2) is 24.8 Å². The van der Waals surface area contributed by atoms with Gasteiger partial charge < -0.3 is 9.64 Å². The molecule has 21 heavy (non-hydrogen) atoms. The number of anilines is 2. The summed E-state index contributed by atoms with van der Waals surface area (Å²) in [7, 11) is 0. The number of hydrogen-bond acceptors (Lipinski definition) is 3. The SMILES string of the molecule is CC(C)(C)OC(=O)Nc1cc(F)ccc1N1CCCCC1. The van der Waals surface area contributed by atoms with E-state index in [-0.39, 0.29) is 5.82 Å². The first-order valence-corrected chi connectivity index (χ1v) is 7.40. The highest BCUT2D eigenvalue weighted by molar-refractivity contribution is 5.90. The summed E-state index contributed by atoms with van der Waals surface area (Å²) in [5, 5.41) is 2.66. The smallest absolute Gasteiger partial charge is 0.412 e. The van der Waals surface area contributed by atoms with E-state index < -0.39 is 11.7 Å². The van der Waals surface area contributed by atoms with Crippen LogP contribution in [0, 0.1) is 5.82 Å². The van der Waals surface area contributed by atoms with Crippen LogP contribution in [-0.2, 0) is 4.74 Å². The molecule has 0 atom stereocenters. The quantitative estimate of drug-likeness (QED) is 0.890. The molecule has 0 aliphatic carbocycles. The van der Waals surface area contributed by atoms with E-state index in [1.165, 1.54) is 18.6 Å². The fraction of sp³-hybridized carbons (Fsp3) is 0.562. The molecule has 5 heteroatoms. The van der Waals surface area contributed by atoms with E-state index >= 15 is 0 Å². The molecule has 1 saturated heterocycles. The number of carbonyl (C=O) groups is 1. The lowest BCUT2D eigenvalue weighted by Crippen LogP contribution is -2.31. The second-order valence-corrected chi connectivity index (χ2v) is 6.34. The summed E-state index contributed by atoms with van der Waals surface area (Å²) >= 11 is 0. The van der Waals surface area contributed by atoms with Gasteiger partial charge in [-0.15, -0.1) is 0 Å². The highest BCUT2D eigenvalue weighted by Gasteiger charge is 2.20. The van der Waals surface area contributed by atoms with Crippen LogP contribution in [0.25, 0.3) is 0 Å². The van der Waals surface area contributed by atoms with Crippen molar-refractivity contribution in [3.05, 3.63) is 24.0 Å². The summed E-state index contributed by atoms with van der Waals surface area (Å²) in [6, 6.07) is 4.48. The topological polar surface area (TPSA) is 41.6 Å². The maximum absolute atomic E-state index is 13.5. The van der Waals surface area contributed by atoms with Crippen LogP contribution in [0.2, 0.25) is 0 Å². The number of rotatable bonds is 2. The van der Waals surface area contributed by atoms with E-state index in [1.807, 2.05) is 0 Å². The Kier molecular flexibility index (Phi) is 4.70. The minimum atomic E-state index is -0.581. The molecular weight excluding hydrogens is 271 g/mol. The van der Waals surface area contributed by atoms with Gasteiger partial charge in [-0.2, -0.15) is 0 Å². The van der Waals surface area contributed by atoms with Gasteiger partial charge in [0.1, 0.15) is 11.4 Å². The number of carbonyl (C=O) groups excluding carboxylic acids is 1. The average Bonchev–Trinajstić information content (AvgIpc) is 2.37. The lowest BCUT2D eigenvalue weighted by atomic mass is 10.1. The zero-order valence-corrected chi connectivity index (χ0v) is 12.9. The number of nitrogens with one attached hydrogen (secondary N) is 1. The molecular formula is C16H23FN2O2. The predicted molar refractivity (Wildman–Crippen MR) is 82.3 cm³/mol. The van der Waals surface area contributed by atoms with Crippen LogP contribution in [0.4, 0.5) is 20.6 Å². The molecule has 1 amide bonds. The Hall–Kier alpha value is -1.78. The molecule has 0 saturated carbocycles. The van der Waals surface area contributed by atoms with Crippen LogP contribution < -0.4 is 10.2 Å². The molecule has 0 unspecified atom stereocenters. The van der Waals surface area contributed by atoms with Gasteiger partial charge in [-0.25, -0.2) is 9.18 Å². The predicted octanol–water partition coefficient (Wildman–Crippen LogP) is 4.16. The highest BCUT2D eigenvalue weighted by atomic mass is 19.1. The van der Waals surface area contributed by atoms with Gasteiger partial charge in [0.05, 0.1) is 11.4 Å². The number of benzene rings is 1. The zero-order chi connectivity index (χ0) is 15.5. The van der Waals surface area contributed by atoms with Crippen LogP contribution in [0.1, 0.15) is 40.0 Å². The van der Waals surface area contributed by atoms with Crippen molar-refractivity contribution in [3.8, 4) is 0 Å². The molecule has 1 aliphatic rings. The summed E-state index contributed by atoms with van der Waals surface area (Å²) in [6.07, 6.45) is 2.88. The Morgan fingerprint density at radius 3 is 2.52 bits per heavy atom. The minimum Gasteiger partial charge on any atom is -0.444 e. The maximum atomic E-state index is 13.5. The minimum absolute atomic E-state index is 0.373. The van der Waals surface area contributed by atoms with Gasteiger partial charge in [-0.05, 0) is 58.2 Å². The number of halogens is 1. The largest absolute Gasteiger partial charge is 0.444 e. The third kappa shape index (κ3) is 4.62. The Bertz CT molecular complexity index is 505. The Morgan fingerprint density at radius 2 is 1.90 bits per heavy atom. The van der Waals surface area contributed by atoms with Gasteiger partial charge in [-0.3, -0.25) is 5.32 Å². The number of amides is 1. The van der Waals surface area contributed by atoms with Gasteiger partial charge in [0, 0.05) is 13.1 Å². The molecule has 2 rings (SSSR count). The third-order valence-corrected chi connectivity index (χ3v) is 3.29. The summed E-state index contributed by atoms with van der Waals surface area (Å²) in [4.78, 5) is 14.1. The highest BCUT2D eigenvalue weighted by Crippen LogP contribution is 2.29. The molecule has 116 valence electrons.